The number of nitrogens with zero attached hydrogens (tertiary/aromatic N) is 1. The quantitative estimate of drug-likeness (QED) is 0.828. The summed E-state index contributed by atoms with van der Waals surface area (Å²) >= 11 is 6.69. The van der Waals surface area contributed by atoms with Crippen molar-refractivity contribution in [1.82, 2.24) is 5.32 Å². The number of anilines is 1. The molecular formula is C16H13N3OS2. The van der Waals surface area contributed by atoms with Gasteiger partial charge in [-0.3, -0.25) is 10.6 Å². The van der Waals surface area contributed by atoms with Crippen molar-refractivity contribution in [2.45, 2.75) is 19.3 Å². The molecule has 1 aliphatic rings. The van der Waals surface area contributed by atoms with Crippen LogP contribution in [-0.4, -0.2) is 11.0 Å². The second-order valence-corrected chi connectivity index (χ2v) is 6.46. The fraction of sp³-hybridized carbons (Fsp3) is 0.188. The minimum atomic E-state index is -0.412. The first-order chi connectivity index (χ1) is 10.7. The molecule has 0 radical (unpaired) electrons. The summed E-state index contributed by atoms with van der Waals surface area (Å²) in [5.74, 6) is 0. The molecular weight excluding hydrogens is 314 g/mol. The summed E-state index contributed by atoms with van der Waals surface area (Å²) in [5.41, 5.74) is 2.47. The van der Waals surface area contributed by atoms with Gasteiger partial charge in [-0.15, -0.1) is 11.3 Å². The normalized spacial score (nSPS) is 12.3. The van der Waals surface area contributed by atoms with E-state index in [-0.39, 0.29) is 0 Å². The average molecular weight is 327 g/mol. The number of nitriles is 1. The van der Waals surface area contributed by atoms with Crippen LogP contribution in [0.2, 0.25) is 0 Å². The summed E-state index contributed by atoms with van der Waals surface area (Å²) in [7, 11) is 0. The van der Waals surface area contributed by atoms with E-state index in [1.54, 1.807) is 0 Å². The van der Waals surface area contributed by atoms with Crippen molar-refractivity contribution >= 4 is 39.6 Å². The van der Waals surface area contributed by atoms with Gasteiger partial charge >= 0.3 is 6.03 Å². The number of amides is 2. The van der Waals surface area contributed by atoms with Crippen LogP contribution in [0.25, 0.3) is 0 Å². The van der Waals surface area contributed by atoms with Crippen LogP contribution < -0.4 is 10.6 Å². The van der Waals surface area contributed by atoms with E-state index >= 15 is 0 Å². The van der Waals surface area contributed by atoms with Crippen molar-refractivity contribution in [3.05, 3.63) is 51.9 Å². The summed E-state index contributed by atoms with van der Waals surface area (Å²) in [4.78, 5) is 13.6. The number of aryl methyl sites for hydroxylation is 1. The molecule has 0 unspecified atom stereocenters. The van der Waals surface area contributed by atoms with Crippen LogP contribution in [0.1, 0.15) is 28.0 Å². The fourth-order valence-corrected chi connectivity index (χ4v) is 3.97. The second-order valence-electron chi connectivity index (χ2n) is 4.95. The molecule has 1 aromatic heterocycles. The summed E-state index contributed by atoms with van der Waals surface area (Å²) < 4.78 is 0. The highest BCUT2D eigenvalue weighted by Crippen LogP contribution is 2.38. The number of urea groups is 1. The summed E-state index contributed by atoms with van der Waals surface area (Å²) in [6, 6.07) is 11.1. The molecule has 0 bridgehead atoms. The first-order valence-corrected chi connectivity index (χ1v) is 8.13. The molecule has 0 atom stereocenters. The fourth-order valence-electron chi connectivity index (χ4n) is 2.51. The van der Waals surface area contributed by atoms with Crippen molar-refractivity contribution in [1.29, 1.82) is 5.26 Å². The number of carbonyl (C=O) groups excluding carboxylic acids is 1. The molecule has 0 spiro atoms. The summed E-state index contributed by atoms with van der Waals surface area (Å²) in [5, 5.41) is 15.3. The van der Waals surface area contributed by atoms with Gasteiger partial charge in [0.2, 0.25) is 0 Å². The van der Waals surface area contributed by atoms with Crippen LogP contribution in [0, 0.1) is 11.3 Å². The van der Waals surface area contributed by atoms with Crippen molar-refractivity contribution in [2.75, 3.05) is 5.32 Å². The van der Waals surface area contributed by atoms with Crippen molar-refractivity contribution in [3.8, 4) is 6.07 Å². The van der Waals surface area contributed by atoms with E-state index in [9.17, 15) is 10.1 Å². The van der Waals surface area contributed by atoms with E-state index in [1.807, 2.05) is 30.3 Å². The smallest absolute Gasteiger partial charge is 0.298 e. The number of thiophene rings is 1. The van der Waals surface area contributed by atoms with E-state index in [1.165, 1.54) is 16.2 Å². The zero-order valence-electron chi connectivity index (χ0n) is 11.7. The van der Waals surface area contributed by atoms with Crippen LogP contribution in [0.5, 0.6) is 0 Å². The zero-order valence-corrected chi connectivity index (χ0v) is 13.3. The largest absolute Gasteiger partial charge is 0.324 e. The van der Waals surface area contributed by atoms with Gasteiger partial charge in [0.05, 0.1) is 5.56 Å². The molecule has 2 amide bonds. The Hall–Kier alpha value is -2.23. The Labute approximate surface area is 137 Å². The van der Waals surface area contributed by atoms with Gasteiger partial charge < -0.3 is 0 Å². The maximum atomic E-state index is 12.1. The van der Waals surface area contributed by atoms with Gasteiger partial charge in [-0.25, -0.2) is 4.79 Å². The predicted molar refractivity (Wildman–Crippen MR) is 91.4 cm³/mol. The number of hydrogen-bond donors (Lipinski definition) is 2. The molecule has 0 saturated carbocycles. The average Bonchev–Trinajstić information content (AvgIpc) is 3.08. The number of nitrogens with one attached hydrogen (secondary N) is 2. The minimum absolute atomic E-state index is 0.362. The van der Waals surface area contributed by atoms with Gasteiger partial charge in [0.1, 0.15) is 16.1 Å². The zero-order chi connectivity index (χ0) is 15.5. The number of thiocarbonyl (C=S) groups is 1. The van der Waals surface area contributed by atoms with E-state index in [2.05, 4.69) is 16.7 Å². The molecule has 6 heteroatoms. The van der Waals surface area contributed by atoms with E-state index in [0.29, 0.717) is 15.6 Å². The molecule has 3 rings (SSSR count). The SMILES string of the molecule is N#Cc1c(NC(=O)NC(=S)c2ccccc2)sc2c1CCC2. The molecule has 1 aliphatic carbocycles. The third-order valence-corrected chi connectivity index (χ3v) is 5.07. The highest BCUT2D eigenvalue weighted by atomic mass is 32.1. The molecule has 1 heterocycles. The lowest BCUT2D eigenvalue weighted by Crippen LogP contribution is -2.33. The molecule has 0 aliphatic heterocycles. The molecule has 0 saturated heterocycles. The van der Waals surface area contributed by atoms with Crippen LogP contribution in [-0.2, 0) is 12.8 Å². The monoisotopic (exact) mass is 327 g/mol. The highest BCUT2D eigenvalue weighted by Gasteiger charge is 2.23. The lowest BCUT2D eigenvalue weighted by atomic mass is 10.1. The third-order valence-electron chi connectivity index (χ3n) is 3.52. The van der Waals surface area contributed by atoms with E-state index < -0.39 is 6.03 Å². The number of hydrogen-bond acceptors (Lipinski definition) is 4. The minimum Gasteiger partial charge on any atom is -0.298 e. The van der Waals surface area contributed by atoms with Gasteiger partial charge in [0.25, 0.3) is 0 Å². The lowest BCUT2D eigenvalue weighted by Gasteiger charge is -2.08. The summed E-state index contributed by atoms with van der Waals surface area (Å²) in [6.07, 6.45) is 2.99. The first-order valence-electron chi connectivity index (χ1n) is 6.91. The van der Waals surface area contributed by atoms with Gasteiger partial charge in [0.15, 0.2) is 0 Å². The Morgan fingerprint density at radius 2 is 2.05 bits per heavy atom. The Morgan fingerprint density at radius 1 is 1.27 bits per heavy atom. The maximum absolute atomic E-state index is 12.1. The number of benzene rings is 1. The van der Waals surface area contributed by atoms with Crippen molar-refractivity contribution in [3.63, 3.8) is 0 Å². The van der Waals surface area contributed by atoms with Crippen molar-refractivity contribution < 1.29 is 4.79 Å². The van der Waals surface area contributed by atoms with Crippen LogP contribution in [0.3, 0.4) is 0 Å². The van der Waals surface area contributed by atoms with Gasteiger partial charge in [-0.2, -0.15) is 5.26 Å². The van der Waals surface area contributed by atoms with E-state index in [4.69, 9.17) is 12.2 Å². The number of carbonyl (C=O) groups is 1. The topological polar surface area (TPSA) is 64.9 Å². The molecule has 22 heavy (non-hydrogen) atoms. The summed E-state index contributed by atoms with van der Waals surface area (Å²) in [6.45, 7) is 0. The van der Waals surface area contributed by atoms with Gasteiger partial charge in [-0.1, -0.05) is 42.5 Å². The molecule has 2 aromatic rings. The van der Waals surface area contributed by atoms with E-state index in [0.717, 1.165) is 30.4 Å². The Bertz CT molecular complexity index is 775. The third kappa shape index (κ3) is 2.86. The molecule has 110 valence electrons. The molecule has 0 fully saturated rings. The van der Waals surface area contributed by atoms with Gasteiger partial charge in [0, 0.05) is 10.4 Å². The number of rotatable bonds is 2. The second kappa shape index (κ2) is 6.26. The number of fused-ring (bicyclic) bond motifs is 1. The Balaban J connectivity index is 1.71. The molecule has 2 N–H and O–H groups in total. The maximum Gasteiger partial charge on any atom is 0.324 e. The first kappa shape index (κ1) is 14.7. The Kier molecular flexibility index (Phi) is 4.18. The van der Waals surface area contributed by atoms with Crippen LogP contribution in [0.15, 0.2) is 30.3 Å². The highest BCUT2D eigenvalue weighted by molar-refractivity contribution is 7.80. The molecule has 1 aromatic carbocycles. The van der Waals surface area contributed by atoms with Crippen LogP contribution >= 0.6 is 23.6 Å². The van der Waals surface area contributed by atoms with Gasteiger partial charge in [-0.05, 0) is 24.8 Å². The lowest BCUT2D eigenvalue weighted by molar-refractivity contribution is 0.256. The standard InChI is InChI=1S/C16H13N3OS2/c17-9-12-11-7-4-8-13(11)22-15(12)19-16(20)18-14(21)10-5-2-1-3-6-10/h1-3,5-6H,4,7-8H2,(H2,18,19,20,21). The Morgan fingerprint density at radius 3 is 2.77 bits per heavy atom. The predicted octanol–water partition coefficient (Wildman–Crippen LogP) is 3.61. The molecule has 4 nitrogen and oxygen atoms in total. The van der Waals surface area contributed by atoms with Crippen LogP contribution in [0.4, 0.5) is 9.80 Å². The van der Waals surface area contributed by atoms with Crippen molar-refractivity contribution in [2.24, 2.45) is 0 Å².